The molecule has 0 aliphatic rings. The average Bonchev–Trinajstić information content (AvgIpc) is 2.63. The lowest BCUT2D eigenvalue weighted by atomic mass is 10.3. The fraction of sp³-hybridized carbons (Fsp3) is 0.294. The minimum Gasteiger partial charge on any atom is -0.493 e. The lowest BCUT2D eigenvalue weighted by Gasteiger charge is -2.11. The summed E-state index contributed by atoms with van der Waals surface area (Å²) in [6, 6.07) is 9.33. The molecule has 0 radical (unpaired) electrons. The second-order valence-corrected chi connectivity index (χ2v) is 6.02. The molecule has 0 unspecified atom stereocenters. The van der Waals surface area contributed by atoms with E-state index in [-0.39, 0.29) is 24.8 Å². The Morgan fingerprint density at radius 2 is 1.92 bits per heavy atom. The van der Waals surface area contributed by atoms with Crippen LogP contribution in [-0.4, -0.2) is 36.9 Å². The summed E-state index contributed by atoms with van der Waals surface area (Å²) in [5.74, 6) is 0.961. The number of nitrogens with zero attached hydrogens (tertiary/aromatic N) is 1. The highest BCUT2D eigenvalue weighted by atomic mass is 32.2. The number of thioether (sulfide) groups is 1. The molecule has 26 heavy (non-hydrogen) atoms. The number of amides is 1. The van der Waals surface area contributed by atoms with Crippen LogP contribution in [0.4, 0.5) is 13.2 Å². The summed E-state index contributed by atoms with van der Waals surface area (Å²) in [5, 5.41) is 3.01. The molecule has 0 aliphatic carbocycles. The summed E-state index contributed by atoms with van der Waals surface area (Å²) in [6.07, 6.45) is -3.67. The number of hydrogen-bond donors (Lipinski definition) is 1. The number of carbonyl (C=O) groups excluding carboxylic acids is 1. The standard InChI is InChI=1S/C17H17F3N2O3S/c1-24-13-4-2-3-5-14(13)25-9-8-21-15(23)11-26-16-7-6-12(10-22-16)17(18,19)20/h2-7,10H,8-9,11H2,1H3,(H,21,23). The maximum Gasteiger partial charge on any atom is 0.417 e. The van der Waals surface area contributed by atoms with Crippen LogP contribution in [0.25, 0.3) is 0 Å². The summed E-state index contributed by atoms with van der Waals surface area (Å²) in [7, 11) is 1.54. The Labute approximate surface area is 152 Å². The number of halogens is 3. The van der Waals surface area contributed by atoms with Crippen LogP contribution in [0.15, 0.2) is 47.6 Å². The first-order valence-corrected chi connectivity index (χ1v) is 8.57. The van der Waals surface area contributed by atoms with Crippen LogP contribution in [0, 0.1) is 0 Å². The zero-order chi connectivity index (χ0) is 19.0. The number of para-hydroxylation sites is 2. The van der Waals surface area contributed by atoms with Crippen molar-refractivity contribution in [2.75, 3.05) is 26.0 Å². The third kappa shape index (κ3) is 6.14. The third-order valence-corrected chi connectivity index (χ3v) is 4.11. The SMILES string of the molecule is COc1ccccc1OCCNC(=O)CSc1ccc(C(F)(F)F)cn1. The van der Waals surface area contributed by atoms with Gasteiger partial charge in [-0.05, 0) is 24.3 Å². The van der Waals surface area contributed by atoms with Crippen LogP contribution in [0.5, 0.6) is 11.5 Å². The monoisotopic (exact) mass is 386 g/mol. The van der Waals surface area contributed by atoms with Gasteiger partial charge in [-0.2, -0.15) is 13.2 Å². The highest BCUT2D eigenvalue weighted by Crippen LogP contribution is 2.29. The van der Waals surface area contributed by atoms with Crippen molar-refractivity contribution < 1.29 is 27.4 Å². The molecule has 0 bridgehead atoms. The minimum absolute atomic E-state index is 0.0486. The zero-order valence-electron chi connectivity index (χ0n) is 13.9. The van der Waals surface area contributed by atoms with Gasteiger partial charge in [0.05, 0.1) is 30.0 Å². The van der Waals surface area contributed by atoms with Crippen molar-refractivity contribution in [1.82, 2.24) is 10.3 Å². The van der Waals surface area contributed by atoms with E-state index in [9.17, 15) is 18.0 Å². The van der Waals surface area contributed by atoms with E-state index in [0.29, 0.717) is 16.5 Å². The number of hydrogen-bond acceptors (Lipinski definition) is 5. The van der Waals surface area contributed by atoms with Crippen LogP contribution >= 0.6 is 11.8 Å². The van der Waals surface area contributed by atoms with E-state index in [0.717, 1.165) is 24.0 Å². The molecule has 0 atom stereocenters. The van der Waals surface area contributed by atoms with Crippen molar-refractivity contribution >= 4 is 17.7 Å². The summed E-state index contributed by atoms with van der Waals surface area (Å²) >= 11 is 1.06. The molecule has 1 N–H and O–H groups in total. The molecule has 140 valence electrons. The van der Waals surface area contributed by atoms with Crippen LogP contribution < -0.4 is 14.8 Å². The topological polar surface area (TPSA) is 60.5 Å². The van der Waals surface area contributed by atoms with Gasteiger partial charge in [0.1, 0.15) is 6.61 Å². The van der Waals surface area contributed by atoms with Crippen molar-refractivity contribution in [3.8, 4) is 11.5 Å². The molecular weight excluding hydrogens is 369 g/mol. The van der Waals surface area contributed by atoms with E-state index in [1.54, 1.807) is 12.1 Å². The molecule has 1 heterocycles. The Hall–Kier alpha value is -2.42. The van der Waals surface area contributed by atoms with Gasteiger partial charge < -0.3 is 14.8 Å². The maximum absolute atomic E-state index is 12.4. The fourth-order valence-corrected chi connectivity index (χ4v) is 2.59. The van der Waals surface area contributed by atoms with E-state index in [1.165, 1.54) is 13.2 Å². The van der Waals surface area contributed by atoms with Crippen molar-refractivity contribution in [2.45, 2.75) is 11.2 Å². The second-order valence-electron chi connectivity index (χ2n) is 5.02. The van der Waals surface area contributed by atoms with E-state index < -0.39 is 11.7 Å². The Morgan fingerprint density at radius 1 is 1.19 bits per heavy atom. The zero-order valence-corrected chi connectivity index (χ0v) is 14.7. The Bertz CT molecular complexity index is 724. The highest BCUT2D eigenvalue weighted by molar-refractivity contribution is 7.99. The van der Waals surface area contributed by atoms with Gasteiger partial charge in [-0.1, -0.05) is 23.9 Å². The first kappa shape index (κ1) is 19.9. The van der Waals surface area contributed by atoms with Gasteiger partial charge in [0.2, 0.25) is 5.91 Å². The van der Waals surface area contributed by atoms with Gasteiger partial charge in [0.15, 0.2) is 11.5 Å². The van der Waals surface area contributed by atoms with Gasteiger partial charge in [0.25, 0.3) is 0 Å². The molecule has 1 amide bonds. The quantitative estimate of drug-likeness (QED) is 0.557. The average molecular weight is 386 g/mol. The summed E-state index contributed by atoms with van der Waals surface area (Å²) < 4.78 is 48.0. The van der Waals surface area contributed by atoms with Gasteiger partial charge >= 0.3 is 6.18 Å². The molecule has 0 fully saturated rings. The highest BCUT2D eigenvalue weighted by Gasteiger charge is 2.30. The molecule has 0 saturated carbocycles. The number of carbonyl (C=O) groups is 1. The number of ether oxygens (including phenoxy) is 2. The largest absolute Gasteiger partial charge is 0.493 e. The molecule has 0 spiro atoms. The van der Waals surface area contributed by atoms with Crippen molar-refractivity contribution in [3.05, 3.63) is 48.2 Å². The van der Waals surface area contributed by atoms with Crippen LogP contribution in [0.3, 0.4) is 0 Å². The number of nitrogens with one attached hydrogen (secondary N) is 1. The second kappa shape index (κ2) is 9.33. The third-order valence-electron chi connectivity index (χ3n) is 3.17. The smallest absolute Gasteiger partial charge is 0.417 e. The number of aromatic nitrogens is 1. The normalized spacial score (nSPS) is 11.1. The first-order valence-electron chi connectivity index (χ1n) is 7.58. The first-order chi connectivity index (χ1) is 12.4. The number of pyridine rings is 1. The van der Waals surface area contributed by atoms with Crippen LogP contribution in [0.1, 0.15) is 5.56 Å². The van der Waals surface area contributed by atoms with Gasteiger partial charge in [-0.3, -0.25) is 4.79 Å². The van der Waals surface area contributed by atoms with Crippen molar-refractivity contribution in [1.29, 1.82) is 0 Å². The molecule has 0 saturated heterocycles. The Balaban J connectivity index is 1.69. The molecule has 9 heteroatoms. The predicted molar refractivity (Wildman–Crippen MR) is 91.5 cm³/mol. The Morgan fingerprint density at radius 3 is 2.54 bits per heavy atom. The minimum atomic E-state index is -4.42. The number of alkyl halides is 3. The molecule has 2 aromatic rings. The van der Waals surface area contributed by atoms with E-state index in [4.69, 9.17) is 9.47 Å². The molecule has 1 aromatic carbocycles. The number of benzene rings is 1. The van der Waals surface area contributed by atoms with E-state index in [2.05, 4.69) is 10.3 Å². The van der Waals surface area contributed by atoms with Gasteiger partial charge in [0, 0.05) is 6.20 Å². The van der Waals surface area contributed by atoms with Crippen molar-refractivity contribution in [3.63, 3.8) is 0 Å². The summed E-state index contributed by atoms with van der Waals surface area (Å²) in [5.41, 5.74) is -0.820. The lowest BCUT2D eigenvalue weighted by molar-refractivity contribution is -0.137. The Kier molecular flexibility index (Phi) is 7.14. The number of methoxy groups -OCH3 is 1. The molecule has 2 rings (SSSR count). The fourth-order valence-electron chi connectivity index (χ4n) is 1.91. The predicted octanol–water partition coefficient (Wildman–Crippen LogP) is 3.40. The van der Waals surface area contributed by atoms with E-state index in [1.807, 2.05) is 12.1 Å². The molecule has 0 aliphatic heterocycles. The van der Waals surface area contributed by atoms with E-state index >= 15 is 0 Å². The van der Waals surface area contributed by atoms with Crippen molar-refractivity contribution in [2.24, 2.45) is 0 Å². The van der Waals surface area contributed by atoms with Gasteiger partial charge in [-0.15, -0.1) is 0 Å². The van der Waals surface area contributed by atoms with Crippen LogP contribution in [0.2, 0.25) is 0 Å². The summed E-state index contributed by atoms with van der Waals surface area (Å²) in [4.78, 5) is 15.5. The lowest BCUT2D eigenvalue weighted by Crippen LogP contribution is -2.29. The summed E-state index contributed by atoms with van der Waals surface area (Å²) in [6.45, 7) is 0.549. The molecular formula is C17H17F3N2O3S. The molecule has 1 aromatic heterocycles. The number of rotatable bonds is 8. The van der Waals surface area contributed by atoms with Gasteiger partial charge in [-0.25, -0.2) is 4.98 Å². The maximum atomic E-state index is 12.4. The molecule has 5 nitrogen and oxygen atoms in total. The van der Waals surface area contributed by atoms with Crippen LogP contribution in [-0.2, 0) is 11.0 Å².